The van der Waals surface area contributed by atoms with E-state index in [0.717, 1.165) is 54.5 Å². The van der Waals surface area contributed by atoms with Crippen LogP contribution in [0.4, 0.5) is 11.4 Å². The molecule has 0 aliphatic heterocycles. The van der Waals surface area contributed by atoms with Crippen molar-refractivity contribution in [2.24, 2.45) is 0 Å². The highest BCUT2D eigenvalue weighted by Crippen LogP contribution is 2.40. The van der Waals surface area contributed by atoms with Gasteiger partial charge < -0.3 is 10.3 Å². The highest BCUT2D eigenvalue weighted by Gasteiger charge is 2.27. The molecule has 1 unspecified atom stereocenters. The highest BCUT2D eigenvalue weighted by molar-refractivity contribution is 5.81. The molecule has 5 rings (SSSR count). The van der Waals surface area contributed by atoms with E-state index in [9.17, 15) is 4.79 Å². The zero-order valence-electron chi connectivity index (χ0n) is 16.2. The van der Waals surface area contributed by atoms with Crippen LogP contribution in [0.2, 0.25) is 0 Å². The Kier molecular flexibility index (Phi) is 4.19. The van der Waals surface area contributed by atoms with Gasteiger partial charge in [-0.25, -0.2) is 4.79 Å². The number of aromatic amines is 1. The molecular weight excluding hydrogens is 346 g/mol. The molecule has 1 fully saturated rings. The smallest absolute Gasteiger partial charge is 0.327 e. The molecule has 2 aromatic carbocycles. The van der Waals surface area contributed by atoms with E-state index in [-0.39, 0.29) is 11.7 Å². The first kappa shape index (κ1) is 17.1. The lowest BCUT2D eigenvalue weighted by Crippen LogP contribution is -2.27. The minimum absolute atomic E-state index is 0.0132. The first-order valence-corrected chi connectivity index (χ1v) is 10.2. The van der Waals surface area contributed by atoms with Gasteiger partial charge in [-0.15, -0.1) is 0 Å². The van der Waals surface area contributed by atoms with Gasteiger partial charge in [0.05, 0.1) is 17.1 Å². The van der Waals surface area contributed by atoms with Gasteiger partial charge in [-0.05, 0) is 80.0 Å². The van der Waals surface area contributed by atoms with E-state index in [1.807, 2.05) is 22.8 Å². The SMILES string of the molecule is Cc1ccccc1Nc1ccc2c(c1)[nH]c(=O)n2C1CCCC2=CCCC=C21. The van der Waals surface area contributed by atoms with E-state index in [4.69, 9.17) is 0 Å². The Morgan fingerprint density at radius 2 is 1.96 bits per heavy atom. The fourth-order valence-electron chi connectivity index (χ4n) is 4.64. The van der Waals surface area contributed by atoms with Crippen LogP contribution < -0.4 is 11.0 Å². The van der Waals surface area contributed by atoms with Crippen molar-refractivity contribution in [3.05, 3.63) is 81.8 Å². The zero-order chi connectivity index (χ0) is 19.1. The molecule has 1 atom stereocenters. The molecule has 3 aromatic rings. The maximum atomic E-state index is 12.9. The zero-order valence-corrected chi connectivity index (χ0v) is 16.2. The summed E-state index contributed by atoms with van der Waals surface area (Å²) in [5.74, 6) is 0. The van der Waals surface area contributed by atoms with Crippen molar-refractivity contribution in [1.82, 2.24) is 9.55 Å². The Morgan fingerprint density at radius 3 is 2.86 bits per heavy atom. The van der Waals surface area contributed by atoms with E-state index in [0.29, 0.717) is 0 Å². The van der Waals surface area contributed by atoms with Gasteiger partial charge in [0.2, 0.25) is 0 Å². The topological polar surface area (TPSA) is 49.8 Å². The Labute approximate surface area is 164 Å². The number of aryl methyl sites for hydroxylation is 1. The van der Waals surface area contributed by atoms with Gasteiger partial charge in [0.15, 0.2) is 0 Å². The number of imidazole rings is 1. The highest BCUT2D eigenvalue weighted by atomic mass is 16.1. The van der Waals surface area contributed by atoms with Crippen LogP contribution in [0.25, 0.3) is 11.0 Å². The van der Waals surface area contributed by atoms with Gasteiger partial charge in [0.1, 0.15) is 0 Å². The van der Waals surface area contributed by atoms with Gasteiger partial charge in [-0.2, -0.15) is 0 Å². The summed E-state index contributed by atoms with van der Waals surface area (Å²) in [6.45, 7) is 2.09. The monoisotopic (exact) mass is 371 g/mol. The Hall–Kier alpha value is -3.01. The summed E-state index contributed by atoms with van der Waals surface area (Å²) < 4.78 is 1.97. The first-order valence-electron chi connectivity index (χ1n) is 10.2. The third-order valence-electron chi connectivity index (χ3n) is 6.03. The first-order chi connectivity index (χ1) is 13.7. The molecular formula is C24H25N3O. The third kappa shape index (κ3) is 2.89. The van der Waals surface area contributed by atoms with Crippen LogP contribution in [0.15, 0.2) is 70.6 Å². The van der Waals surface area contributed by atoms with Gasteiger partial charge in [-0.3, -0.25) is 4.57 Å². The lowest BCUT2D eigenvalue weighted by atomic mass is 9.81. The summed E-state index contributed by atoms with van der Waals surface area (Å²) in [6, 6.07) is 14.5. The lowest BCUT2D eigenvalue weighted by Gasteiger charge is -2.31. The fraction of sp³-hybridized carbons (Fsp3) is 0.292. The number of aromatic nitrogens is 2. The summed E-state index contributed by atoms with van der Waals surface area (Å²) in [5, 5.41) is 3.47. The number of rotatable bonds is 3. The van der Waals surface area contributed by atoms with Crippen molar-refractivity contribution in [3.63, 3.8) is 0 Å². The number of benzene rings is 2. The summed E-state index contributed by atoms with van der Waals surface area (Å²) in [5.41, 5.74) is 7.92. The van der Waals surface area contributed by atoms with Crippen molar-refractivity contribution < 1.29 is 0 Å². The molecule has 2 aliphatic rings. The van der Waals surface area contributed by atoms with Crippen LogP contribution in [-0.4, -0.2) is 9.55 Å². The molecule has 1 aromatic heterocycles. The molecule has 2 N–H and O–H groups in total. The number of H-pyrrole nitrogens is 1. The van der Waals surface area contributed by atoms with E-state index in [1.54, 1.807) is 0 Å². The van der Waals surface area contributed by atoms with Gasteiger partial charge in [0.25, 0.3) is 0 Å². The average molecular weight is 371 g/mol. The summed E-state index contributed by atoms with van der Waals surface area (Å²) >= 11 is 0. The molecule has 142 valence electrons. The predicted octanol–water partition coefficient (Wildman–Crippen LogP) is 5.75. The van der Waals surface area contributed by atoms with Crippen molar-refractivity contribution >= 4 is 22.4 Å². The second-order valence-corrected chi connectivity index (χ2v) is 7.85. The molecule has 0 saturated heterocycles. The normalized spacial score (nSPS) is 19.1. The number of fused-ring (bicyclic) bond motifs is 2. The molecule has 0 radical (unpaired) electrons. The molecule has 1 saturated carbocycles. The average Bonchev–Trinajstić information content (AvgIpc) is 3.04. The lowest BCUT2D eigenvalue weighted by molar-refractivity contribution is 0.477. The molecule has 4 heteroatoms. The second kappa shape index (κ2) is 6.86. The van der Waals surface area contributed by atoms with Crippen LogP contribution in [0.3, 0.4) is 0 Å². The second-order valence-electron chi connectivity index (χ2n) is 7.85. The molecule has 0 amide bonds. The number of allylic oxidation sites excluding steroid dienone is 4. The van der Waals surface area contributed by atoms with Crippen molar-refractivity contribution in [2.75, 3.05) is 5.32 Å². The number of anilines is 2. The number of hydrogen-bond donors (Lipinski definition) is 2. The minimum atomic E-state index is -0.0132. The van der Waals surface area contributed by atoms with E-state index >= 15 is 0 Å². The van der Waals surface area contributed by atoms with E-state index in [1.165, 1.54) is 16.7 Å². The van der Waals surface area contributed by atoms with Gasteiger partial charge in [-0.1, -0.05) is 30.4 Å². The third-order valence-corrected chi connectivity index (χ3v) is 6.03. The van der Waals surface area contributed by atoms with Crippen molar-refractivity contribution in [2.45, 2.75) is 45.1 Å². The molecule has 1 heterocycles. The van der Waals surface area contributed by atoms with E-state index in [2.05, 4.69) is 53.6 Å². The van der Waals surface area contributed by atoms with E-state index < -0.39 is 0 Å². The van der Waals surface area contributed by atoms with Crippen molar-refractivity contribution in [3.8, 4) is 0 Å². The number of nitrogens with zero attached hydrogens (tertiary/aromatic N) is 1. The number of nitrogens with one attached hydrogen (secondary N) is 2. The molecule has 0 bridgehead atoms. The quantitative estimate of drug-likeness (QED) is 0.615. The largest absolute Gasteiger partial charge is 0.355 e. The molecule has 28 heavy (non-hydrogen) atoms. The molecule has 0 spiro atoms. The number of para-hydroxylation sites is 1. The van der Waals surface area contributed by atoms with Gasteiger partial charge in [0, 0.05) is 11.4 Å². The molecule has 2 aliphatic carbocycles. The number of hydrogen-bond acceptors (Lipinski definition) is 2. The fourth-order valence-corrected chi connectivity index (χ4v) is 4.64. The summed E-state index contributed by atoms with van der Waals surface area (Å²) in [6.07, 6.45) is 10.2. The van der Waals surface area contributed by atoms with Crippen LogP contribution in [0, 0.1) is 6.92 Å². The van der Waals surface area contributed by atoms with Crippen molar-refractivity contribution in [1.29, 1.82) is 0 Å². The Balaban J connectivity index is 1.54. The molecule has 4 nitrogen and oxygen atoms in total. The van der Waals surface area contributed by atoms with Crippen LogP contribution >= 0.6 is 0 Å². The summed E-state index contributed by atoms with van der Waals surface area (Å²) in [4.78, 5) is 16.0. The Bertz CT molecular complexity index is 1160. The van der Waals surface area contributed by atoms with Gasteiger partial charge >= 0.3 is 5.69 Å². The summed E-state index contributed by atoms with van der Waals surface area (Å²) in [7, 11) is 0. The maximum absolute atomic E-state index is 12.9. The van der Waals surface area contributed by atoms with Crippen LogP contribution in [-0.2, 0) is 0 Å². The maximum Gasteiger partial charge on any atom is 0.327 e. The predicted molar refractivity (Wildman–Crippen MR) is 115 cm³/mol. The standard InChI is InChI=1S/C24H25N3O/c1-16-7-2-5-11-20(16)25-18-13-14-23-21(15-18)26-24(28)27(23)22-12-6-9-17-8-3-4-10-19(17)22/h2,5,7-8,10-11,13-15,22,25H,3-4,6,9,12H2,1H3,(H,26,28). The van der Waals surface area contributed by atoms with Crippen LogP contribution in [0.5, 0.6) is 0 Å². The van der Waals surface area contributed by atoms with Crippen LogP contribution in [0.1, 0.15) is 43.7 Å². The Morgan fingerprint density at radius 1 is 1.11 bits per heavy atom. The minimum Gasteiger partial charge on any atom is -0.355 e.